The molecule has 0 amide bonds. The molecule has 2 saturated carbocycles. The molecular weight excluding hydrogens is 332 g/mol. The second-order valence-corrected chi connectivity index (χ2v) is 6.81. The fraction of sp³-hybridized carbons (Fsp3) is 0.538. The van der Waals surface area contributed by atoms with E-state index in [1.165, 1.54) is 25.7 Å². The zero-order chi connectivity index (χ0) is 11.3. The minimum Gasteiger partial charge on any atom is -0.385 e. The summed E-state index contributed by atoms with van der Waals surface area (Å²) in [6.45, 7) is 0. The molecule has 2 unspecified atom stereocenters. The van der Waals surface area contributed by atoms with E-state index < -0.39 is 5.60 Å². The monoisotopic (exact) mass is 344 g/mol. The molecule has 2 aliphatic rings. The first kappa shape index (κ1) is 11.2. The molecule has 86 valence electrons. The standard InChI is InChI=1S/C13H14Br2O/c14-9-5-8(6-10(15)7-9)13(16)11-3-1-2-4-12(11)13/h5-7,11-12,16H,1-4H2. The lowest BCUT2D eigenvalue weighted by atomic mass is 10.0. The third-order valence-corrected chi connectivity index (χ3v) is 5.03. The van der Waals surface area contributed by atoms with E-state index >= 15 is 0 Å². The minimum absolute atomic E-state index is 0.502. The molecule has 2 aliphatic carbocycles. The Balaban J connectivity index is 1.98. The van der Waals surface area contributed by atoms with Crippen LogP contribution in [-0.4, -0.2) is 5.11 Å². The van der Waals surface area contributed by atoms with Gasteiger partial charge in [-0.2, -0.15) is 0 Å². The smallest absolute Gasteiger partial charge is 0.0960 e. The highest BCUT2D eigenvalue weighted by Crippen LogP contribution is 2.64. The van der Waals surface area contributed by atoms with Crippen LogP contribution in [0.3, 0.4) is 0 Å². The van der Waals surface area contributed by atoms with Crippen molar-refractivity contribution in [3.63, 3.8) is 0 Å². The van der Waals surface area contributed by atoms with Crippen molar-refractivity contribution in [1.82, 2.24) is 0 Å². The SMILES string of the molecule is OC1(c2cc(Br)cc(Br)c2)C2CCCCC21. The second kappa shape index (κ2) is 3.82. The van der Waals surface area contributed by atoms with Crippen LogP contribution in [0.15, 0.2) is 27.1 Å². The van der Waals surface area contributed by atoms with Gasteiger partial charge in [-0.15, -0.1) is 0 Å². The largest absolute Gasteiger partial charge is 0.385 e. The fourth-order valence-corrected chi connectivity index (χ4v) is 4.60. The van der Waals surface area contributed by atoms with Gasteiger partial charge in [0.15, 0.2) is 0 Å². The highest BCUT2D eigenvalue weighted by Gasteiger charge is 2.64. The first-order chi connectivity index (χ1) is 7.62. The lowest BCUT2D eigenvalue weighted by Crippen LogP contribution is -2.10. The summed E-state index contributed by atoms with van der Waals surface area (Å²) in [4.78, 5) is 0. The van der Waals surface area contributed by atoms with E-state index in [4.69, 9.17) is 0 Å². The minimum atomic E-state index is -0.539. The lowest BCUT2D eigenvalue weighted by Gasteiger charge is -2.12. The maximum absolute atomic E-state index is 10.8. The number of benzene rings is 1. The van der Waals surface area contributed by atoms with E-state index in [0.29, 0.717) is 11.8 Å². The number of fused-ring (bicyclic) bond motifs is 1. The lowest BCUT2D eigenvalue weighted by molar-refractivity contribution is 0.118. The number of halogens is 2. The quantitative estimate of drug-likeness (QED) is 0.807. The summed E-state index contributed by atoms with van der Waals surface area (Å²) in [5.74, 6) is 1.00. The van der Waals surface area contributed by atoms with Crippen LogP contribution in [0.25, 0.3) is 0 Å². The average Bonchev–Trinajstić information content (AvgIpc) is 2.86. The second-order valence-electron chi connectivity index (χ2n) is 4.98. The number of hydrogen-bond acceptors (Lipinski definition) is 1. The summed E-state index contributed by atoms with van der Waals surface area (Å²) in [6.07, 6.45) is 4.92. The van der Waals surface area contributed by atoms with Gasteiger partial charge in [-0.05, 0) is 48.4 Å². The van der Waals surface area contributed by atoms with Crippen LogP contribution >= 0.6 is 31.9 Å². The summed E-state index contributed by atoms with van der Waals surface area (Å²) >= 11 is 6.98. The van der Waals surface area contributed by atoms with Gasteiger partial charge in [0.2, 0.25) is 0 Å². The molecule has 0 spiro atoms. The third-order valence-electron chi connectivity index (χ3n) is 4.11. The number of rotatable bonds is 1. The average molecular weight is 346 g/mol. The van der Waals surface area contributed by atoms with Crippen LogP contribution in [0.5, 0.6) is 0 Å². The van der Waals surface area contributed by atoms with Crippen molar-refractivity contribution in [2.45, 2.75) is 31.3 Å². The molecule has 0 bridgehead atoms. The first-order valence-electron chi connectivity index (χ1n) is 5.81. The van der Waals surface area contributed by atoms with Crippen LogP contribution in [0.2, 0.25) is 0 Å². The van der Waals surface area contributed by atoms with Crippen LogP contribution in [0, 0.1) is 11.8 Å². The maximum atomic E-state index is 10.8. The van der Waals surface area contributed by atoms with Crippen molar-refractivity contribution in [3.8, 4) is 0 Å². The number of aliphatic hydroxyl groups is 1. The van der Waals surface area contributed by atoms with Gasteiger partial charge in [-0.3, -0.25) is 0 Å². The van der Waals surface area contributed by atoms with Crippen molar-refractivity contribution in [1.29, 1.82) is 0 Å². The first-order valence-corrected chi connectivity index (χ1v) is 7.40. The molecule has 1 aromatic rings. The molecule has 1 nitrogen and oxygen atoms in total. The number of hydrogen-bond donors (Lipinski definition) is 1. The maximum Gasteiger partial charge on any atom is 0.0960 e. The van der Waals surface area contributed by atoms with Gasteiger partial charge >= 0.3 is 0 Å². The Hall–Kier alpha value is 0.140. The zero-order valence-electron chi connectivity index (χ0n) is 8.92. The van der Waals surface area contributed by atoms with Gasteiger partial charge in [0.05, 0.1) is 5.60 Å². The predicted molar refractivity (Wildman–Crippen MR) is 71.2 cm³/mol. The Morgan fingerprint density at radius 3 is 2.00 bits per heavy atom. The van der Waals surface area contributed by atoms with Crippen LogP contribution in [0.1, 0.15) is 31.2 Å². The molecule has 3 rings (SSSR count). The van der Waals surface area contributed by atoms with Gasteiger partial charge in [0.25, 0.3) is 0 Å². The Bertz CT molecular complexity index is 398. The van der Waals surface area contributed by atoms with Crippen molar-refractivity contribution < 1.29 is 5.11 Å². The summed E-state index contributed by atoms with van der Waals surface area (Å²) in [6, 6.07) is 6.13. The normalized spacial score (nSPS) is 36.9. The fourth-order valence-electron chi connectivity index (χ4n) is 3.31. The van der Waals surface area contributed by atoms with Crippen LogP contribution in [-0.2, 0) is 5.60 Å². The summed E-state index contributed by atoms with van der Waals surface area (Å²) in [7, 11) is 0. The molecule has 1 N–H and O–H groups in total. The molecule has 0 saturated heterocycles. The Labute approximate surface area is 113 Å². The molecule has 2 atom stereocenters. The van der Waals surface area contributed by atoms with Crippen LogP contribution in [0.4, 0.5) is 0 Å². The molecule has 1 aromatic carbocycles. The van der Waals surface area contributed by atoms with Crippen molar-refractivity contribution >= 4 is 31.9 Å². The molecule has 0 aromatic heterocycles. The van der Waals surface area contributed by atoms with Gasteiger partial charge in [-0.25, -0.2) is 0 Å². The van der Waals surface area contributed by atoms with Gasteiger partial charge in [0, 0.05) is 8.95 Å². The van der Waals surface area contributed by atoms with E-state index in [-0.39, 0.29) is 0 Å². The highest BCUT2D eigenvalue weighted by atomic mass is 79.9. The molecule has 16 heavy (non-hydrogen) atoms. The van der Waals surface area contributed by atoms with E-state index in [1.54, 1.807) is 0 Å². The summed E-state index contributed by atoms with van der Waals surface area (Å²) < 4.78 is 2.07. The molecule has 0 aliphatic heterocycles. The zero-order valence-corrected chi connectivity index (χ0v) is 12.1. The van der Waals surface area contributed by atoms with Gasteiger partial charge < -0.3 is 5.11 Å². The molecule has 0 heterocycles. The van der Waals surface area contributed by atoms with E-state index in [9.17, 15) is 5.11 Å². The summed E-state index contributed by atoms with van der Waals surface area (Å²) in [5, 5.41) is 10.8. The molecular formula is C13H14Br2O. The van der Waals surface area contributed by atoms with E-state index in [1.807, 2.05) is 6.07 Å². The molecule has 0 radical (unpaired) electrons. The van der Waals surface area contributed by atoms with Gasteiger partial charge in [-0.1, -0.05) is 44.7 Å². The van der Waals surface area contributed by atoms with E-state index in [0.717, 1.165) is 14.5 Å². The van der Waals surface area contributed by atoms with Crippen molar-refractivity contribution in [2.75, 3.05) is 0 Å². The van der Waals surface area contributed by atoms with Crippen molar-refractivity contribution in [2.24, 2.45) is 11.8 Å². The van der Waals surface area contributed by atoms with Crippen molar-refractivity contribution in [3.05, 3.63) is 32.7 Å². The molecule has 3 heteroatoms. The van der Waals surface area contributed by atoms with E-state index in [2.05, 4.69) is 44.0 Å². The summed E-state index contributed by atoms with van der Waals surface area (Å²) in [5.41, 5.74) is 0.536. The highest BCUT2D eigenvalue weighted by molar-refractivity contribution is 9.11. The Kier molecular flexibility index (Phi) is 2.69. The Morgan fingerprint density at radius 2 is 1.50 bits per heavy atom. The molecule has 2 fully saturated rings. The van der Waals surface area contributed by atoms with Crippen LogP contribution < -0.4 is 0 Å². The Morgan fingerprint density at radius 1 is 1.00 bits per heavy atom. The third kappa shape index (κ3) is 1.59. The predicted octanol–water partition coefficient (Wildman–Crippen LogP) is 4.22. The van der Waals surface area contributed by atoms with Gasteiger partial charge in [0.1, 0.15) is 0 Å². The topological polar surface area (TPSA) is 20.2 Å².